The Morgan fingerprint density at radius 1 is 1.18 bits per heavy atom. The van der Waals surface area contributed by atoms with Crippen LogP contribution in [0.2, 0.25) is 0 Å². The highest BCUT2D eigenvalue weighted by atomic mass is 15.1. The standard InChI is InChI=1S/C16H25N/c1-5-6-7-8-9-12-17(4)16-11-10-14(2)13-15(16)3/h8-11,13H,5-7,12H2,1-4H3/b9-8+. The minimum Gasteiger partial charge on any atom is -0.371 e. The van der Waals surface area contributed by atoms with Crippen LogP contribution in [0.3, 0.4) is 0 Å². The Bertz CT molecular complexity index is 366. The van der Waals surface area contributed by atoms with Crippen LogP contribution in [-0.2, 0) is 0 Å². The van der Waals surface area contributed by atoms with Gasteiger partial charge in [-0.05, 0) is 31.9 Å². The third-order valence-corrected chi connectivity index (χ3v) is 3.03. The summed E-state index contributed by atoms with van der Waals surface area (Å²) in [6.07, 6.45) is 8.34. The Labute approximate surface area is 106 Å². The molecule has 0 heterocycles. The van der Waals surface area contributed by atoms with Crippen molar-refractivity contribution in [3.05, 3.63) is 41.5 Å². The largest absolute Gasteiger partial charge is 0.371 e. The summed E-state index contributed by atoms with van der Waals surface area (Å²) in [6, 6.07) is 6.64. The Balaban J connectivity index is 2.52. The molecule has 0 aliphatic rings. The summed E-state index contributed by atoms with van der Waals surface area (Å²) in [5.74, 6) is 0. The van der Waals surface area contributed by atoms with E-state index >= 15 is 0 Å². The van der Waals surface area contributed by atoms with Gasteiger partial charge in [0.05, 0.1) is 0 Å². The monoisotopic (exact) mass is 231 g/mol. The fourth-order valence-corrected chi connectivity index (χ4v) is 2.00. The molecule has 0 aliphatic heterocycles. The van der Waals surface area contributed by atoms with Crippen molar-refractivity contribution in [2.45, 2.75) is 40.0 Å². The lowest BCUT2D eigenvalue weighted by Gasteiger charge is -2.20. The number of anilines is 1. The van der Waals surface area contributed by atoms with E-state index in [9.17, 15) is 0 Å². The number of hydrogen-bond acceptors (Lipinski definition) is 1. The van der Waals surface area contributed by atoms with Gasteiger partial charge >= 0.3 is 0 Å². The zero-order chi connectivity index (χ0) is 12.7. The topological polar surface area (TPSA) is 3.24 Å². The van der Waals surface area contributed by atoms with Gasteiger partial charge < -0.3 is 4.90 Å². The highest BCUT2D eigenvalue weighted by Gasteiger charge is 2.02. The summed E-state index contributed by atoms with van der Waals surface area (Å²) in [7, 11) is 2.15. The molecule has 0 bridgehead atoms. The smallest absolute Gasteiger partial charge is 0.0396 e. The molecule has 94 valence electrons. The SMILES string of the molecule is CCCC/C=C/CN(C)c1ccc(C)cc1C. The zero-order valence-corrected chi connectivity index (χ0v) is 11.7. The number of hydrogen-bond donors (Lipinski definition) is 0. The number of benzene rings is 1. The summed E-state index contributed by atoms with van der Waals surface area (Å²) in [4.78, 5) is 2.30. The van der Waals surface area contributed by atoms with Gasteiger partial charge in [0, 0.05) is 19.3 Å². The molecule has 0 radical (unpaired) electrons. The van der Waals surface area contributed by atoms with E-state index in [1.54, 1.807) is 0 Å². The van der Waals surface area contributed by atoms with E-state index < -0.39 is 0 Å². The minimum atomic E-state index is 0.994. The highest BCUT2D eigenvalue weighted by Crippen LogP contribution is 2.19. The number of likely N-dealkylation sites (N-methyl/N-ethyl adjacent to an activating group) is 1. The Kier molecular flexibility index (Phi) is 5.82. The minimum absolute atomic E-state index is 0.994. The third-order valence-electron chi connectivity index (χ3n) is 3.03. The summed E-state index contributed by atoms with van der Waals surface area (Å²) in [6.45, 7) is 7.55. The highest BCUT2D eigenvalue weighted by molar-refractivity contribution is 5.54. The average Bonchev–Trinajstić information content (AvgIpc) is 2.28. The number of nitrogens with zero attached hydrogens (tertiary/aromatic N) is 1. The van der Waals surface area contributed by atoms with Crippen molar-refractivity contribution < 1.29 is 0 Å². The maximum atomic E-state index is 2.30. The molecule has 0 aromatic heterocycles. The van der Waals surface area contributed by atoms with Crippen molar-refractivity contribution in [3.8, 4) is 0 Å². The number of allylic oxidation sites excluding steroid dienone is 1. The molecular weight excluding hydrogens is 206 g/mol. The van der Waals surface area contributed by atoms with Crippen LogP contribution in [0.5, 0.6) is 0 Å². The van der Waals surface area contributed by atoms with Gasteiger partial charge in [-0.3, -0.25) is 0 Å². The summed E-state index contributed by atoms with van der Waals surface area (Å²) in [5.41, 5.74) is 4.02. The molecule has 0 unspecified atom stereocenters. The van der Waals surface area contributed by atoms with Crippen molar-refractivity contribution in [2.24, 2.45) is 0 Å². The van der Waals surface area contributed by atoms with Gasteiger partial charge in [-0.1, -0.05) is 49.6 Å². The molecule has 1 heteroatoms. The quantitative estimate of drug-likeness (QED) is 0.515. The van der Waals surface area contributed by atoms with Gasteiger partial charge in [0.25, 0.3) is 0 Å². The Morgan fingerprint density at radius 3 is 2.59 bits per heavy atom. The van der Waals surface area contributed by atoms with Crippen LogP contribution >= 0.6 is 0 Å². The lowest BCUT2D eigenvalue weighted by atomic mass is 10.1. The molecule has 0 saturated heterocycles. The second-order valence-electron chi connectivity index (χ2n) is 4.78. The van der Waals surface area contributed by atoms with E-state index in [2.05, 4.69) is 63.1 Å². The molecule has 0 aliphatic carbocycles. The molecule has 0 fully saturated rings. The fourth-order valence-electron chi connectivity index (χ4n) is 2.00. The second kappa shape index (κ2) is 7.16. The van der Waals surface area contributed by atoms with E-state index in [-0.39, 0.29) is 0 Å². The molecule has 0 N–H and O–H groups in total. The molecule has 0 amide bonds. The first-order valence-corrected chi connectivity index (χ1v) is 6.58. The Morgan fingerprint density at radius 2 is 1.94 bits per heavy atom. The second-order valence-corrected chi connectivity index (χ2v) is 4.78. The first kappa shape index (κ1) is 13.8. The Hall–Kier alpha value is -1.24. The summed E-state index contributed by atoms with van der Waals surface area (Å²) < 4.78 is 0. The van der Waals surface area contributed by atoms with Gasteiger partial charge in [-0.15, -0.1) is 0 Å². The number of unbranched alkanes of at least 4 members (excludes halogenated alkanes) is 2. The number of aryl methyl sites for hydroxylation is 2. The van der Waals surface area contributed by atoms with Gasteiger partial charge in [-0.25, -0.2) is 0 Å². The van der Waals surface area contributed by atoms with Crippen LogP contribution in [0.25, 0.3) is 0 Å². The lowest BCUT2D eigenvalue weighted by Crippen LogP contribution is -2.17. The number of rotatable bonds is 6. The van der Waals surface area contributed by atoms with E-state index in [1.165, 1.54) is 36.1 Å². The fraction of sp³-hybridized carbons (Fsp3) is 0.500. The van der Waals surface area contributed by atoms with Crippen LogP contribution in [0, 0.1) is 13.8 Å². The van der Waals surface area contributed by atoms with Crippen LogP contribution < -0.4 is 4.90 Å². The van der Waals surface area contributed by atoms with Crippen LogP contribution in [0.1, 0.15) is 37.3 Å². The van der Waals surface area contributed by atoms with E-state index in [0.29, 0.717) is 0 Å². The predicted molar refractivity (Wildman–Crippen MR) is 77.9 cm³/mol. The van der Waals surface area contributed by atoms with E-state index in [0.717, 1.165) is 6.54 Å². The zero-order valence-electron chi connectivity index (χ0n) is 11.7. The molecule has 1 nitrogen and oxygen atoms in total. The van der Waals surface area contributed by atoms with Crippen molar-refractivity contribution >= 4 is 5.69 Å². The van der Waals surface area contributed by atoms with Gasteiger partial charge in [-0.2, -0.15) is 0 Å². The first-order chi connectivity index (χ1) is 8.15. The third kappa shape index (κ3) is 4.64. The van der Waals surface area contributed by atoms with E-state index in [1.807, 2.05) is 0 Å². The molecule has 1 rings (SSSR count). The van der Waals surface area contributed by atoms with Crippen LogP contribution in [0.4, 0.5) is 5.69 Å². The predicted octanol–water partition coefficient (Wildman–Crippen LogP) is 4.49. The molecule has 1 aromatic carbocycles. The maximum Gasteiger partial charge on any atom is 0.0396 e. The molecule has 17 heavy (non-hydrogen) atoms. The van der Waals surface area contributed by atoms with Gasteiger partial charge in [0.15, 0.2) is 0 Å². The molecule has 0 spiro atoms. The van der Waals surface area contributed by atoms with Crippen molar-refractivity contribution in [1.82, 2.24) is 0 Å². The van der Waals surface area contributed by atoms with Gasteiger partial charge in [0.1, 0.15) is 0 Å². The summed E-state index contributed by atoms with van der Waals surface area (Å²) >= 11 is 0. The van der Waals surface area contributed by atoms with Crippen LogP contribution in [-0.4, -0.2) is 13.6 Å². The average molecular weight is 231 g/mol. The first-order valence-electron chi connectivity index (χ1n) is 6.58. The van der Waals surface area contributed by atoms with Crippen LogP contribution in [0.15, 0.2) is 30.4 Å². The maximum absolute atomic E-state index is 2.30. The molecule has 0 atom stereocenters. The normalized spacial score (nSPS) is 11.1. The molecule has 0 saturated carbocycles. The van der Waals surface area contributed by atoms with Crippen molar-refractivity contribution in [1.29, 1.82) is 0 Å². The van der Waals surface area contributed by atoms with Gasteiger partial charge in [0.2, 0.25) is 0 Å². The van der Waals surface area contributed by atoms with E-state index in [4.69, 9.17) is 0 Å². The molecular formula is C16H25N. The lowest BCUT2D eigenvalue weighted by molar-refractivity contribution is 0.812. The summed E-state index contributed by atoms with van der Waals surface area (Å²) in [5, 5.41) is 0. The van der Waals surface area contributed by atoms with Crippen molar-refractivity contribution in [2.75, 3.05) is 18.5 Å². The molecule has 1 aromatic rings. The van der Waals surface area contributed by atoms with Crippen molar-refractivity contribution in [3.63, 3.8) is 0 Å².